The van der Waals surface area contributed by atoms with Crippen molar-refractivity contribution >= 4 is 29.2 Å². The van der Waals surface area contributed by atoms with Crippen molar-refractivity contribution in [1.82, 2.24) is 4.98 Å². The number of alkyl halides is 3. The average molecular weight is 367 g/mol. The molecule has 0 bridgehead atoms. The molecule has 0 spiro atoms. The summed E-state index contributed by atoms with van der Waals surface area (Å²) in [7, 11) is 0. The summed E-state index contributed by atoms with van der Waals surface area (Å²) in [6, 6.07) is 5.52. The molecule has 0 saturated heterocycles. The van der Waals surface area contributed by atoms with E-state index >= 15 is 0 Å². The van der Waals surface area contributed by atoms with Gasteiger partial charge in [0.15, 0.2) is 0 Å². The molecule has 132 valence electrons. The first-order valence-corrected chi connectivity index (χ1v) is 8.74. The maximum Gasteiger partial charge on any atom is 0.417 e. The maximum atomic E-state index is 13.4. The molecule has 8 heteroatoms. The van der Waals surface area contributed by atoms with E-state index in [-0.39, 0.29) is 4.90 Å². The molecule has 1 aliphatic rings. The van der Waals surface area contributed by atoms with Crippen LogP contribution in [-0.2, 0) is 12.6 Å². The van der Waals surface area contributed by atoms with Crippen LogP contribution in [0.1, 0.15) is 18.1 Å². The van der Waals surface area contributed by atoms with Gasteiger partial charge in [0, 0.05) is 23.3 Å². The van der Waals surface area contributed by atoms with Crippen LogP contribution in [0, 0.1) is 0 Å². The molecule has 0 atom stereocenters. The van der Waals surface area contributed by atoms with Gasteiger partial charge in [-0.15, -0.1) is 11.8 Å². The van der Waals surface area contributed by atoms with Crippen LogP contribution in [0.15, 0.2) is 41.6 Å². The van der Waals surface area contributed by atoms with Crippen molar-refractivity contribution in [3.8, 4) is 0 Å². The van der Waals surface area contributed by atoms with Gasteiger partial charge in [-0.05, 0) is 42.0 Å². The summed E-state index contributed by atoms with van der Waals surface area (Å²) >= 11 is 1.16. The first-order valence-electron chi connectivity index (χ1n) is 7.75. The van der Waals surface area contributed by atoms with Crippen molar-refractivity contribution in [3.63, 3.8) is 0 Å². The number of benzene rings is 1. The van der Waals surface area contributed by atoms with Crippen LogP contribution in [-0.4, -0.2) is 23.3 Å². The number of hydrogen-bond donors (Lipinski definition) is 1. The minimum Gasteiger partial charge on any atom is -0.306 e. The Kier molecular flexibility index (Phi) is 4.89. The molecule has 3 rings (SSSR count). The van der Waals surface area contributed by atoms with E-state index in [1.807, 2.05) is 6.92 Å². The Hall–Kier alpha value is -2.22. The lowest BCUT2D eigenvalue weighted by molar-refractivity contribution is -0.139. The number of anilines is 2. The molecule has 0 saturated carbocycles. The fourth-order valence-electron chi connectivity index (χ4n) is 2.75. The van der Waals surface area contributed by atoms with Gasteiger partial charge >= 0.3 is 12.2 Å². The largest absolute Gasteiger partial charge is 0.417 e. The van der Waals surface area contributed by atoms with E-state index < -0.39 is 17.8 Å². The molecule has 0 aliphatic carbocycles. The number of urea groups is 1. The lowest BCUT2D eigenvalue weighted by Crippen LogP contribution is -2.33. The van der Waals surface area contributed by atoms with E-state index in [1.54, 1.807) is 24.4 Å². The SMILES string of the molecule is CCSc1cc2c(cc1C(F)(F)F)N(C(=O)Nc1cccnc1)CC2. The van der Waals surface area contributed by atoms with Gasteiger partial charge < -0.3 is 5.32 Å². The third-order valence-electron chi connectivity index (χ3n) is 3.84. The van der Waals surface area contributed by atoms with Crippen molar-refractivity contribution in [1.29, 1.82) is 0 Å². The predicted molar refractivity (Wildman–Crippen MR) is 92.1 cm³/mol. The van der Waals surface area contributed by atoms with Gasteiger partial charge in [0.1, 0.15) is 0 Å². The van der Waals surface area contributed by atoms with Gasteiger partial charge in [0.2, 0.25) is 0 Å². The van der Waals surface area contributed by atoms with E-state index in [1.165, 1.54) is 11.1 Å². The minimum atomic E-state index is -4.46. The first kappa shape index (κ1) is 17.6. The maximum absolute atomic E-state index is 13.4. The number of amides is 2. The Labute approximate surface area is 147 Å². The molecule has 2 amide bonds. The van der Waals surface area contributed by atoms with Crippen LogP contribution in [0.4, 0.5) is 29.3 Å². The topological polar surface area (TPSA) is 45.2 Å². The van der Waals surface area contributed by atoms with Gasteiger partial charge in [-0.3, -0.25) is 9.88 Å². The second-order valence-electron chi connectivity index (χ2n) is 5.48. The van der Waals surface area contributed by atoms with E-state index in [4.69, 9.17) is 0 Å². The number of hydrogen-bond acceptors (Lipinski definition) is 3. The first-order chi connectivity index (χ1) is 11.9. The molecule has 0 radical (unpaired) electrons. The second-order valence-corrected chi connectivity index (χ2v) is 6.79. The van der Waals surface area contributed by atoms with Gasteiger partial charge in [-0.1, -0.05) is 6.92 Å². The second kappa shape index (κ2) is 6.95. The van der Waals surface area contributed by atoms with E-state index in [2.05, 4.69) is 10.3 Å². The van der Waals surface area contributed by atoms with Crippen LogP contribution in [0.3, 0.4) is 0 Å². The number of carbonyl (C=O) groups is 1. The Balaban J connectivity index is 1.92. The number of nitrogens with zero attached hydrogens (tertiary/aromatic N) is 2. The molecule has 1 aromatic heterocycles. The highest BCUT2D eigenvalue weighted by Crippen LogP contribution is 2.42. The van der Waals surface area contributed by atoms with Crippen molar-refractivity contribution in [3.05, 3.63) is 47.8 Å². The molecule has 2 heterocycles. The third kappa shape index (κ3) is 3.73. The molecule has 1 aromatic carbocycles. The number of rotatable bonds is 3. The fraction of sp³-hybridized carbons (Fsp3) is 0.294. The predicted octanol–water partition coefficient (Wildman–Crippen LogP) is 4.81. The smallest absolute Gasteiger partial charge is 0.306 e. The number of aromatic nitrogens is 1. The highest BCUT2D eigenvalue weighted by molar-refractivity contribution is 7.99. The summed E-state index contributed by atoms with van der Waals surface area (Å²) in [6.07, 6.45) is -0.869. The zero-order valence-electron chi connectivity index (χ0n) is 13.4. The van der Waals surface area contributed by atoms with Gasteiger partial charge in [0.25, 0.3) is 0 Å². The third-order valence-corrected chi connectivity index (χ3v) is 4.78. The summed E-state index contributed by atoms with van der Waals surface area (Å²) in [5.41, 5.74) is 0.869. The standard InChI is InChI=1S/C17H16F3N3OS/c1-2-25-15-8-11-5-7-23(14(11)9-13(15)17(18,19)20)16(24)22-12-4-3-6-21-10-12/h3-4,6,8-10H,2,5,7H2,1H3,(H,22,24). The molecular formula is C17H16F3N3OS. The van der Waals surface area contributed by atoms with Crippen LogP contribution in [0.25, 0.3) is 0 Å². The quantitative estimate of drug-likeness (QED) is 0.792. The average Bonchev–Trinajstić information content (AvgIpc) is 2.97. The Morgan fingerprint density at radius 3 is 2.84 bits per heavy atom. The molecule has 2 aromatic rings. The molecule has 25 heavy (non-hydrogen) atoms. The number of thioether (sulfide) groups is 1. The zero-order chi connectivity index (χ0) is 18.0. The van der Waals surface area contributed by atoms with Crippen molar-refractivity contribution in [2.24, 2.45) is 0 Å². The van der Waals surface area contributed by atoms with E-state index in [9.17, 15) is 18.0 Å². The van der Waals surface area contributed by atoms with Crippen molar-refractivity contribution in [2.75, 3.05) is 22.5 Å². The summed E-state index contributed by atoms with van der Waals surface area (Å²) in [4.78, 5) is 17.9. The van der Waals surface area contributed by atoms with Gasteiger partial charge in [-0.25, -0.2) is 4.79 Å². The number of carbonyl (C=O) groups excluding carboxylic acids is 1. The fourth-order valence-corrected chi connectivity index (χ4v) is 3.62. The van der Waals surface area contributed by atoms with Gasteiger partial charge in [0.05, 0.1) is 17.4 Å². The van der Waals surface area contributed by atoms with Gasteiger partial charge in [-0.2, -0.15) is 13.2 Å². The lowest BCUT2D eigenvalue weighted by atomic mass is 10.1. The monoisotopic (exact) mass is 367 g/mol. The highest BCUT2D eigenvalue weighted by atomic mass is 32.2. The summed E-state index contributed by atoms with van der Waals surface area (Å²) in [5, 5.41) is 2.66. The summed E-state index contributed by atoms with van der Waals surface area (Å²) in [5.74, 6) is 0.549. The Bertz CT molecular complexity index is 781. The molecule has 1 N–H and O–H groups in total. The normalized spacial score (nSPS) is 13.7. The molecule has 1 aliphatic heterocycles. The minimum absolute atomic E-state index is 0.211. The molecule has 0 fully saturated rings. The van der Waals surface area contributed by atoms with E-state index in [0.717, 1.165) is 23.4 Å². The summed E-state index contributed by atoms with van der Waals surface area (Å²) < 4.78 is 40.1. The lowest BCUT2D eigenvalue weighted by Gasteiger charge is -2.20. The van der Waals surface area contributed by atoms with Crippen LogP contribution >= 0.6 is 11.8 Å². The molecular weight excluding hydrogens is 351 g/mol. The number of nitrogens with one attached hydrogen (secondary N) is 1. The van der Waals surface area contributed by atoms with Crippen LogP contribution in [0.2, 0.25) is 0 Å². The zero-order valence-corrected chi connectivity index (χ0v) is 14.2. The Morgan fingerprint density at radius 2 is 2.20 bits per heavy atom. The number of fused-ring (bicyclic) bond motifs is 1. The highest BCUT2D eigenvalue weighted by Gasteiger charge is 2.36. The van der Waals surface area contributed by atoms with Crippen molar-refractivity contribution in [2.45, 2.75) is 24.4 Å². The number of pyridine rings is 1. The van der Waals surface area contributed by atoms with Crippen molar-refractivity contribution < 1.29 is 18.0 Å². The summed E-state index contributed by atoms with van der Waals surface area (Å²) in [6.45, 7) is 2.16. The number of halogens is 3. The molecule has 4 nitrogen and oxygen atoms in total. The Morgan fingerprint density at radius 1 is 1.40 bits per heavy atom. The van der Waals surface area contributed by atoms with Crippen LogP contribution < -0.4 is 10.2 Å². The van der Waals surface area contributed by atoms with Crippen LogP contribution in [0.5, 0.6) is 0 Å². The van der Waals surface area contributed by atoms with E-state index in [0.29, 0.717) is 30.1 Å². The molecule has 0 unspecified atom stereocenters.